The van der Waals surface area contributed by atoms with Crippen molar-refractivity contribution in [3.05, 3.63) is 62.6 Å². The number of nitrogens with one attached hydrogen (secondary N) is 1. The van der Waals surface area contributed by atoms with E-state index in [0.29, 0.717) is 26.4 Å². The van der Waals surface area contributed by atoms with E-state index in [9.17, 15) is 9.59 Å². The predicted molar refractivity (Wildman–Crippen MR) is 121 cm³/mol. The van der Waals surface area contributed by atoms with Crippen LogP contribution in [0.5, 0.6) is 5.75 Å². The summed E-state index contributed by atoms with van der Waals surface area (Å²) >= 11 is 18.6. The summed E-state index contributed by atoms with van der Waals surface area (Å²) in [5.41, 5.74) is 1.41. The molecule has 5 nitrogen and oxygen atoms in total. The van der Waals surface area contributed by atoms with Crippen LogP contribution in [0.1, 0.15) is 31.9 Å². The SMILES string of the molecule is Cc1cc(OCC(=O)N(Cc2c(Cl)cccc2Cl)C(C)C(=O)NC(C)C)ccc1Cl. The lowest BCUT2D eigenvalue weighted by Gasteiger charge is -2.30. The Balaban J connectivity index is 2.23. The summed E-state index contributed by atoms with van der Waals surface area (Å²) in [6, 6.07) is 9.44. The first kappa shape index (κ1) is 24.3. The minimum Gasteiger partial charge on any atom is -0.484 e. The molecule has 0 aromatic heterocycles. The van der Waals surface area contributed by atoms with Gasteiger partial charge in [-0.3, -0.25) is 9.59 Å². The van der Waals surface area contributed by atoms with E-state index in [-0.39, 0.29) is 31.0 Å². The molecule has 8 heteroatoms. The Morgan fingerprint density at radius 2 is 1.67 bits per heavy atom. The number of rotatable bonds is 8. The Bertz CT molecular complexity index is 898. The smallest absolute Gasteiger partial charge is 0.261 e. The highest BCUT2D eigenvalue weighted by atomic mass is 35.5. The van der Waals surface area contributed by atoms with E-state index in [2.05, 4.69) is 5.32 Å². The molecular weight excluding hydrogens is 447 g/mol. The van der Waals surface area contributed by atoms with Gasteiger partial charge in [-0.25, -0.2) is 0 Å². The summed E-state index contributed by atoms with van der Waals surface area (Å²) in [5, 5.41) is 4.28. The van der Waals surface area contributed by atoms with Crippen molar-refractivity contribution in [2.24, 2.45) is 0 Å². The first-order valence-electron chi connectivity index (χ1n) is 9.51. The zero-order valence-corrected chi connectivity index (χ0v) is 19.6. The molecule has 2 amide bonds. The molecular formula is C22H25Cl3N2O3. The molecule has 2 aromatic rings. The van der Waals surface area contributed by atoms with E-state index in [4.69, 9.17) is 39.5 Å². The molecule has 1 N–H and O–H groups in total. The standard InChI is InChI=1S/C22H25Cl3N2O3/c1-13(2)26-22(29)15(4)27(11-17-19(24)6-5-7-20(17)25)21(28)12-30-16-8-9-18(23)14(3)10-16/h5-10,13,15H,11-12H2,1-4H3,(H,26,29). The molecule has 2 aromatic carbocycles. The monoisotopic (exact) mass is 470 g/mol. The minimum absolute atomic E-state index is 0.0610. The Labute approximate surface area is 192 Å². The number of benzene rings is 2. The van der Waals surface area contributed by atoms with Gasteiger partial charge in [0.25, 0.3) is 5.91 Å². The average molecular weight is 472 g/mol. The second-order valence-corrected chi connectivity index (χ2v) is 8.48. The van der Waals surface area contributed by atoms with Gasteiger partial charge >= 0.3 is 0 Å². The highest BCUT2D eigenvalue weighted by Crippen LogP contribution is 2.27. The van der Waals surface area contributed by atoms with Crippen molar-refractivity contribution in [2.75, 3.05) is 6.61 Å². The summed E-state index contributed by atoms with van der Waals surface area (Å²) in [6.07, 6.45) is 0. The minimum atomic E-state index is -0.747. The molecule has 0 radical (unpaired) electrons. The number of carbonyl (C=O) groups excluding carboxylic acids is 2. The van der Waals surface area contributed by atoms with Gasteiger partial charge in [0.2, 0.25) is 5.91 Å². The number of aryl methyl sites for hydroxylation is 1. The van der Waals surface area contributed by atoms with Crippen molar-refractivity contribution in [3.8, 4) is 5.75 Å². The van der Waals surface area contributed by atoms with E-state index < -0.39 is 6.04 Å². The summed E-state index contributed by atoms with van der Waals surface area (Å²) < 4.78 is 5.65. The average Bonchev–Trinajstić information content (AvgIpc) is 2.67. The maximum absolute atomic E-state index is 13.0. The number of hydrogen-bond acceptors (Lipinski definition) is 3. The van der Waals surface area contributed by atoms with Gasteiger partial charge in [0.1, 0.15) is 11.8 Å². The van der Waals surface area contributed by atoms with Crippen LogP contribution >= 0.6 is 34.8 Å². The summed E-state index contributed by atoms with van der Waals surface area (Å²) in [5.74, 6) is -0.130. The molecule has 1 unspecified atom stereocenters. The third kappa shape index (κ3) is 6.53. The van der Waals surface area contributed by atoms with Crippen LogP contribution in [0, 0.1) is 6.92 Å². The topological polar surface area (TPSA) is 58.6 Å². The van der Waals surface area contributed by atoms with Crippen LogP contribution in [0.25, 0.3) is 0 Å². The van der Waals surface area contributed by atoms with Gasteiger partial charge in [0.05, 0.1) is 0 Å². The van der Waals surface area contributed by atoms with Crippen LogP contribution in [0.2, 0.25) is 15.1 Å². The molecule has 30 heavy (non-hydrogen) atoms. The van der Waals surface area contributed by atoms with Gasteiger partial charge < -0.3 is 15.0 Å². The van der Waals surface area contributed by atoms with Crippen LogP contribution in [0.4, 0.5) is 0 Å². The fourth-order valence-electron chi connectivity index (χ4n) is 2.78. The zero-order valence-electron chi connectivity index (χ0n) is 17.3. The third-order valence-corrected chi connectivity index (χ3v) is 5.61. The van der Waals surface area contributed by atoms with Crippen molar-refractivity contribution < 1.29 is 14.3 Å². The van der Waals surface area contributed by atoms with Crippen molar-refractivity contribution in [2.45, 2.75) is 46.3 Å². The van der Waals surface area contributed by atoms with E-state index in [0.717, 1.165) is 5.56 Å². The molecule has 162 valence electrons. The highest BCUT2D eigenvalue weighted by molar-refractivity contribution is 6.36. The van der Waals surface area contributed by atoms with Crippen LogP contribution in [-0.2, 0) is 16.1 Å². The fraction of sp³-hybridized carbons (Fsp3) is 0.364. The van der Waals surface area contributed by atoms with Gasteiger partial charge in [-0.1, -0.05) is 40.9 Å². The number of nitrogens with zero attached hydrogens (tertiary/aromatic N) is 1. The van der Waals surface area contributed by atoms with Gasteiger partial charge in [0.15, 0.2) is 6.61 Å². The molecule has 0 aliphatic carbocycles. The molecule has 0 heterocycles. The number of amides is 2. The highest BCUT2D eigenvalue weighted by Gasteiger charge is 2.28. The molecule has 0 bridgehead atoms. The van der Waals surface area contributed by atoms with Gasteiger partial charge in [0, 0.05) is 33.2 Å². The largest absolute Gasteiger partial charge is 0.484 e. The van der Waals surface area contributed by atoms with Gasteiger partial charge in [-0.15, -0.1) is 0 Å². The zero-order chi connectivity index (χ0) is 22.4. The third-order valence-electron chi connectivity index (χ3n) is 4.48. The molecule has 0 aliphatic heterocycles. The van der Waals surface area contributed by atoms with Crippen molar-refractivity contribution in [1.29, 1.82) is 0 Å². The fourth-order valence-corrected chi connectivity index (χ4v) is 3.41. The number of halogens is 3. The van der Waals surface area contributed by atoms with Crippen molar-refractivity contribution in [1.82, 2.24) is 10.2 Å². The number of hydrogen-bond donors (Lipinski definition) is 1. The van der Waals surface area contributed by atoms with Crippen LogP contribution in [-0.4, -0.2) is 35.4 Å². The van der Waals surface area contributed by atoms with E-state index in [1.807, 2.05) is 20.8 Å². The van der Waals surface area contributed by atoms with E-state index >= 15 is 0 Å². The molecule has 0 saturated carbocycles. The number of ether oxygens (including phenoxy) is 1. The van der Waals surface area contributed by atoms with E-state index in [1.165, 1.54) is 4.90 Å². The van der Waals surface area contributed by atoms with Crippen LogP contribution < -0.4 is 10.1 Å². The summed E-state index contributed by atoms with van der Waals surface area (Å²) in [7, 11) is 0. The van der Waals surface area contributed by atoms with Crippen LogP contribution in [0.3, 0.4) is 0 Å². The first-order valence-corrected chi connectivity index (χ1v) is 10.6. The van der Waals surface area contributed by atoms with Gasteiger partial charge in [-0.05, 0) is 63.6 Å². The van der Waals surface area contributed by atoms with Crippen molar-refractivity contribution >= 4 is 46.6 Å². The molecule has 0 spiro atoms. The van der Waals surface area contributed by atoms with Crippen LogP contribution in [0.15, 0.2) is 36.4 Å². The van der Waals surface area contributed by atoms with Gasteiger partial charge in [-0.2, -0.15) is 0 Å². The lowest BCUT2D eigenvalue weighted by atomic mass is 10.1. The Morgan fingerprint density at radius 1 is 1.03 bits per heavy atom. The normalized spacial score (nSPS) is 11.9. The lowest BCUT2D eigenvalue weighted by Crippen LogP contribution is -2.50. The summed E-state index contributed by atoms with van der Waals surface area (Å²) in [4.78, 5) is 27.0. The summed E-state index contributed by atoms with van der Waals surface area (Å²) in [6.45, 7) is 7.05. The second kappa shape index (κ2) is 10.9. The van der Waals surface area contributed by atoms with E-state index in [1.54, 1.807) is 43.3 Å². The predicted octanol–water partition coefficient (Wildman–Crippen LogP) is 5.28. The molecule has 0 aliphatic rings. The molecule has 1 atom stereocenters. The maximum atomic E-state index is 13.0. The molecule has 0 fully saturated rings. The molecule has 2 rings (SSSR count). The molecule has 0 saturated heterocycles. The Hall–Kier alpha value is -1.95. The Kier molecular flexibility index (Phi) is 8.83. The number of carbonyl (C=O) groups is 2. The quantitative estimate of drug-likeness (QED) is 0.570. The maximum Gasteiger partial charge on any atom is 0.261 e. The Morgan fingerprint density at radius 3 is 2.23 bits per heavy atom. The first-order chi connectivity index (χ1) is 14.1. The second-order valence-electron chi connectivity index (χ2n) is 7.26. The van der Waals surface area contributed by atoms with Crippen molar-refractivity contribution in [3.63, 3.8) is 0 Å². The lowest BCUT2D eigenvalue weighted by molar-refractivity contribution is -0.142.